The molecule has 0 aliphatic heterocycles. The van der Waals surface area contributed by atoms with Crippen molar-refractivity contribution in [1.29, 1.82) is 0 Å². The van der Waals surface area contributed by atoms with E-state index in [0.29, 0.717) is 15.8 Å². The molecule has 0 radical (unpaired) electrons. The predicted molar refractivity (Wildman–Crippen MR) is 117 cm³/mol. The fourth-order valence-corrected chi connectivity index (χ4v) is 3.93. The number of hydrogen-bond acceptors (Lipinski definition) is 5. The van der Waals surface area contributed by atoms with Crippen LogP contribution in [0.1, 0.15) is 60.3 Å². The molecule has 1 aliphatic carbocycles. The van der Waals surface area contributed by atoms with Crippen LogP contribution < -0.4 is 10.1 Å². The summed E-state index contributed by atoms with van der Waals surface area (Å²) < 4.78 is 17.0. The monoisotopic (exact) mass is 459 g/mol. The Morgan fingerprint density at radius 3 is 2.33 bits per heavy atom. The number of benzene rings is 1. The smallest absolute Gasteiger partial charge is 0.408 e. The van der Waals surface area contributed by atoms with Gasteiger partial charge in [-0.2, -0.15) is 0 Å². The van der Waals surface area contributed by atoms with Crippen LogP contribution in [0.2, 0.25) is 10.0 Å². The highest BCUT2D eigenvalue weighted by molar-refractivity contribution is 6.35. The molecule has 0 saturated heterocycles. The molecule has 8 heteroatoms. The minimum atomic E-state index is -0.856. The summed E-state index contributed by atoms with van der Waals surface area (Å²) in [4.78, 5) is 24.5. The normalized spacial score (nSPS) is 17.7. The van der Waals surface area contributed by atoms with Crippen LogP contribution in [0.3, 0.4) is 0 Å². The highest BCUT2D eigenvalue weighted by Crippen LogP contribution is 2.35. The second-order valence-corrected chi connectivity index (χ2v) is 9.56. The third kappa shape index (κ3) is 7.55. The number of carbonyl (C=O) groups is 2. The van der Waals surface area contributed by atoms with Gasteiger partial charge in [0, 0.05) is 5.02 Å². The van der Waals surface area contributed by atoms with Gasteiger partial charge >= 0.3 is 12.1 Å². The first kappa shape index (κ1) is 24.6. The lowest BCUT2D eigenvalue weighted by Gasteiger charge is -2.31. The van der Waals surface area contributed by atoms with Crippen molar-refractivity contribution in [2.75, 3.05) is 0 Å². The zero-order valence-corrected chi connectivity index (χ0v) is 19.7. The number of hydrogen-bond donors (Lipinski definition) is 1. The molecule has 1 amide bonds. The number of carbonyl (C=O) groups excluding carboxylic acids is 2. The highest BCUT2D eigenvalue weighted by Gasteiger charge is 2.35. The Balaban J connectivity index is 2.03. The molecular weight excluding hydrogens is 429 g/mol. The summed E-state index contributed by atoms with van der Waals surface area (Å²) in [7, 11) is 0. The number of halogens is 2. The minimum absolute atomic E-state index is 0.244. The highest BCUT2D eigenvalue weighted by atomic mass is 35.5. The first-order valence-corrected chi connectivity index (χ1v) is 11.0. The van der Waals surface area contributed by atoms with Crippen LogP contribution in [0.25, 0.3) is 0 Å². The van der Waals surface area contributed by atoms with Crippen LogP contribution >= 0.6 is 23.2 Å². The Morgan fingerprint density at radius 2 is 1.77 bits per heavy atom. The van der Waals surface area contributed by atoms with Gasteiger partial charge in [0.05, 0.1) is 5.02 Å². The molecule has 1 N–H and O–H groups in total. The average molecular weight is 460 g/mol. The standard InChI is InChI=1S/C22H31Cl2NO5/c1-13(25-21(27)30-22(3,4)5)20(26)28-14(2)19(15-8-6-7-9-15)29-18-11-10-16(23)12-17(18)24/h10-15,19H,6-9H2,1-5H3,(H,25,27)/t13-,14-,19-/m0/s1. The van der Waals surface area contributed by atoms with Gasteiger partial charge in [-0.15, -0.1) is 0 Å². The molecule has 0 spiro atoms. The number of nitrogens with one attached hydrogen (secondary N) is 1. The average Bonchev–Trinajstić information content (AvgIpc) is 3.13. The number of alkyl carbamates (subject to hydrolysis) is 1. The zero-order valence-electron chi connectivity index (χ0n) is 18.2. The Hall–Kier alpha value is -1.66. The topological polar surface area (TPSA) is 73.9 Å². The van der Waals surface area contributed by atoms with Crippen molar-refractivity contribution in [3.8, 4) is 5.75 Å². The van der Waals surface area contributed by atoms with Gasteiger partial charge < -0.3 is 19.5 Å². The van der Waals surface area contributed by atoms with Gasteiger partial charge in [-0.1, -0.05) is 36.0 Å². The molecule has 1 fully saturated rings. The molecule has 0 aromatic heterocycles. The van der Waals surface area contributed by atoms with Crippen molar-refractivity contribution in [2.45, 2.75) is 84.2 Å². The van der Waals surface area contributed by atoms with Crippen LogP contribution in [0.4, 0.5) is 4.79 Å². The Morgan fingerprint density at radius 1 is 1.13 bits per heavy atom. The molecule has 1 saturated carbocycles. The molecule has 2 rings (SSSR count). The Bertz CT molecular complexity index is 744. The van der Waals surface area contributed by atoms with E-state index in [9.17, 15) is 9.59 Å². The quantitative estimate of drug-likeness (QED) is 0.523. The summed E-state index contributed by atoms with van der Waals surface area (Å²) in [5.41, 5.74) is -0.653. The van der Waals surface area contributed by atoms with Crippen molar-refractivity contribution in [3.05, 3.63) is 28.2 Å². The van der Waals surface area contributed by atoms with E-state index in [-0.39, 0.29) is 12.0 Å². The van der Waals surface area contributed by atoms with Crippen molar-refractivity contribution < 1.29 is 23.8 Å². The van der Waals surface area contributed by atoms with Crippen LogP contribution in [0.5, 0.6) is 5.75 Å². The second-order valence-electron chi connectivity index (χ2n) is 8.71. The summed E-state index contributed by atoms with van der Waals surface area (Å²) in [6.45, 7) is 8.61. The van der Waals surface area contributed by atoms with Gasteiger partial charge in [-0.25, -0.2) is 9.59 Å². The number of ether oxygens (including phenoxy) is 3. The molecule has 6 nitrogen and oxygen atoms in total. The molecular formula is C22H31Cl2NO5. The summed E-state index contributed by atoms with van der Waals surface area (Å²) in [5.74, 6) is 0.191. The van der Waals surface area contributed by atoms with E-state index in [1.165, 1.54) is 0 Å². The van der Waals surface area contributed by atoms with Crippen molar-refractivity contribution in [3.63, 3.8) is 0 Å². The summed E-state index contributed by atoms with van der Waals surface area (Å²) in [6.07, 6.45) is 2.63. The fraction of sp³-hybridized carbons (Fsp3) is 0.636. The molecule has 0 unspecified atom stereocenters. The zero-order chi connectivity index (χ0) is 22.5. The Labute approximate surface area is 188 Å². The van der Waals surface area contributed by atoms with Crippen LogP contribution in [0, 0.1) is 5.92 Å². The largest absolute Gasteiger partial charge is 0.485 e. The lowest BCUT2D eigenvalue weighted by molar-refractivity contribution is -0.156. The van der Waals surface area contributed by atoms with Gasteiger partial charge in [0.1, 0.15) is 29.6 Å². The fourth-order valence-electron chi connectivity index (χ4n) is 3.47. The maximum absolute atomic E-state index is 12.5. The van der Waals surface area contributed by atoms with Gasteiger partial charge in [0.2, 0.25) is 0 Å². The van der Waals surface area contributed by atoms with Crippen LogP contribution in [0.15, 0.2) is 18.2 Å². The summed E-state index contributed by atoms with van der Waals surface area (Å²) in [6, 6.07) is 4.19. The molecule has 168 valence electrons. The van der Waals surface area contributed by atoms with E-state index in [1.54, 1.807) is 52.8 Å². The molecule has 3 atom stereocenters. The molecule has 1 aromatic carbocycles. The number of rotatable bonds is 7. The van der Waals surface area contributed by atoms with E-state index in [1.807, 2.05) is 0 Å². The third-order valence-electron chi connectivity index (χ3n) is 4.87. The molecule has 1 aromatic rings. The van der Waals surface area contributed by atoms with Crippen molar-refractivity contribution in [2.24, 2.45) is 5.92 Å². The van der Waals surface area contributed by atoms with E-state index in [0.717, 1.165) is 25.7 Å². The predicted octanol–water partition coefficient (Wildman–Crippen LogP) is 5.78. The minimum Gasteiger partial charge on any atom is -0.485 e. The number of amides is 1. The summed E-state index contributed by atoms with van der Waals surface area (Å²) >= 11 is 12.2. The second kappa shape index (κ2) is 10.6. The molecule has 1 aliphatic rings. The van der Waals surface area contributed by atoms with Crippen LogP contribution in [-0.2, 0) is 14.3 Å². The van der Waals surface area contributed by atoms with Crippen LogP contribution in [-0.4, -0.2) is 35.9 Å². The maximum Gasteiger partial charge on any atom is 0.408 e. The van der Waals surface area contributed by atoms with E-state index < -0.39 is 29.8 Å². The lowest BCUT2D eigenvalue weighted by atomic mass is 9.96. The van der Waals surface area contributed by atoms with Gasteiger partial charge in [-0.05, 0) is 71.6 Å². The van der Waals surface area contributed by atoms with Gasteiger partial charge in [0.15, 0.2) is 0 Å². The van der Waals surface area contributed by atoms with Gasteiger partial charge in [0.25, 0.3) is 0 Å². The third-order valence-corrected chi connectivity index (χ3v) is 5.40. The molecule has 30 heavy (non-hydrogen) atoms. The van der Waals surface area contributed by atoms with Crippen molar-refractivity contribution in [1.82, 2.24) is 5.32 Å². The maximum atomic E-state index is 12.5. The summed E-state index contributed by atoms with van der Waals surface area (Å²) in [5, 5.41) is 3.43. The van der Waals surface area contributed by atoms with E-state index in [2.05, 4.69) is 5.32 Å². The van der Waals surface area contributed by atoms with E-state index in [4.69, 9.17) is 37.4 Å². The first-order valence-electron chi connectivity index (χ1n) is 10.3. The Kier molecular flexibility index (Phi) is 8.68. The molecule has 0 heterocycles. The number of esters is 1. The first-order chi connectivity index (χ1) is 14.0. The van der Waals surface area contributed by atoms with Gasteiger partial charge in [-0.3, -0.25) is 0 Å². The van der Waals surface area contributed by atoms with E-state index >= 15 is 0 Å². The molecule has 0 bridgehead atoms. The SMILES string of the molecule is C[C@H](NC(=O)OC(C)(C)C)C(=O)O[C@@H](C)[C@H](Oc1ccc(Cl)cc1Cl)C1CCCC1. The lowest BCUT2D eigenvalue weighted by Crippen LogP contribution is -2.46. The van der Waals surface area contributed by atoms with Crippen molar-refractivity contribution >= 4 is 35.3 Å².